The second-order valence-electron chi connectivity index (χ2n) is 3.58. The van der Waals surface area contributed by atoms with Crippen LogP contribution in [-0.2, 0) is 10.8 Å². The molecule has 15 heavy (non-hydrogen) atoms. The van der Waals surface area contributed by atoms with Crippen LogP contribution in [0.4, 0.5) is 0 Å². The molecule has 2 atom stereocenters. The number of aromatic nitrogens is 1. The van der Waals surface area contributed by atoms with Crippen LogP contribution in [0.1, 0.15) is 12.0 Å². The molecule has 1 aliphatic rings. The maximum Gasteiger partial charge on any atom is 0.127 e. The first-order valence-corrected chi connectivity index (χ1v) is 6.02. The van der Waals surface area contributed by atoms with Crippen molar-refractivity contribution >= 4 is 23.2 Å². The molecule has 0 spiro atoms. The largest absolute Gasteiger partial charge is 0.315 e. The number of nitrogens with one attached hydrogen (secondary N) is 1. The van der Waals surface area contributed by atoms with E-state index in [-0.39, 0.29) is 17.7 Å². The summed E-state index contributed by atoms with van der Waals surface area (Å²) in [5.41, 5.74) is 1.12. The van der Waals surface area contributed by atoms with Gasteiger partial charge in [0.1, 0.15) is 5.03 Å². The first kappa shape index (κ1) is 12.6. The van der Waals surface area contributed by atoms with Crippen LogP contribution < -0.4 is 5.32 Å². The molecule has 0 aliphatic carbocycles. The highest BCUT2D eigenvalue weighted by molar-refractivity contribution is 7.85. The van der Waals surface area contributed by atoms with Gasteiger partial charge in [-0.2, -0.15) is 0 Å². The summed E-state index contributed by atoms with van der Waals surface area (Å²) in [6, 6.07) is 3.84. The molecule has 1 aromatic rings. The van der Waals surface area contributed by atoms with E-state index in [0.29, 0.717) is 0 Å². The lowest BCUT2D eigenvalue weighted by Crippen LogP contribution is -2.19. The van der Waals surface area contributed by atoms with Crippen LogP contribution in [-0.4, -0.2) is 27.5 Å². The van der Waals surface area contributed by atoms with E-state index in [2.05, 4.69) is 10.3 Å². The van der Waals surface area contributed by atoms with Gasteiger partial charge in [0.05, 0.1) is 16.0 Å². The van der Waals surface area contributed by atoms with Gasteiger partial charge in [0.15, 0.2) is 0 Å². The Morgan fingerprint density at radius 3 is 3.00 bits per heavy atom. The molecule has 0 bridgehead atoms. The Kier molecular flexibility index (Phi) is 4.70. The normalized spacial score (nSPS) is 22.1. The quantitative estimate of drug-likeness (QED) is 0.855. The first-order chi connectivity index (χ1) is 6.77. The molecule has 2 heterocycles. The van der Waals surface area contributed by atoms with Gasteiger partial charge in [-0.15, -0.1) is 12.4 Å². The summed E-state index contributed by atoms with van der Waals surface area (Å²) in [6.45, 7) is 3.82. The summed E-state index contributed by atoms with van der Waals surface area (Å²) >= 11 is 0. The molecule has 0 amide bonds. The highest BCUT2D eigenvalue weighted by Gasteiger charge is 2.22. The van der Waals surface area contributed by atoms with Gasteiger partial charge in [0.2, 0.25) is 0 Å². The second-order valence-corrected chi connectivity index (χ2v) is 5.26. The summed E-state index contributed by atoms with van der Waals surface area (Å²) in [5.74, 6) is 0. The van der Waals surface area contributed by atoms with Gasteiger partial charge in [-0.25, -0.2) is 4.98 Å². The summed E-state index contributed by atoms with van der Waals surface area (Å²) in [6.07, 6.45) is 2.72. The van der Waals surface area contributed by atoms with E-state index in [0.717, 1.165) is 30.1 Å². The summed E-state index contributed by atoms with van der Waals surface area (Å²) in [5, 5.41) is 4.18. The van der Waals surface area contributed by atoms with E-state index >= 15 is 0 Å². The fourth-order valence-corrected chi connectivity index (χ4v) is 3.01. The number of halogens is 1. The van der Waals surface area contributed by atoms with Gasteiger partial charge in [-0.3, -0.25) is 4.21 Å². The Hall–Kier alpha value is -0.450. The average molecular weight is 247 g/mol. The fourth-order valence-electron chi connectivity index (χ4n) is 1.60. The first-order valence-electron chi connectivity index (χ1n) is 4.81. The number of pyridine rings is 1. The van der Waals surface area contributed by atoms with Crippen molar-refractivity contribution < 1.29 is 4.21 Å². The third kappa shape index (κ3) is 3.00. The number of nitrogens with zero attached hydrogens (tertiary/aromatic N) is 1. The van der Waals surface area contributed by atoms with Crippen LogP contribution in [0.5, 0.6) is 0 Å². The van der Waals surface area contributed by atoms with Crippen molar-refractivity contribution in [2.24, 2.45) is 0 Å². The smallest absolute Gasteiger partial charge is 0.127 e. The lowest BCUT2D eigenvalue weighted by atomic mass is 10.3. The minimum atomic E-state index is -0.943. The monoisotopic (exact) mass is 246 g/mol. The van der Waals surface area contributed by atoms with Crippen molar-refractivity contribution in [2.45, 2.75) is 23.6 Å². The SMILES string of the molecule is Cc1ccnc(S(=O)C2CCNC2)c1.Cl. The van der Waals surface area contributed by atoms with E-state index in [4.69, 9.17) is 0 Å². The molecule has 1 saturated heterocycles. The molecule has 1 aromatic heterocycles. The van der Waals surface area contributed by atoms with Crippen LogP contribution in [0.25, 0.3) is 0 Å². The van der Waals surface area contributed by atoms with Gasteiger partial charge in [0, 0.05) is 12.7 Å². The number of hydrogen-bond acceptors (Lipinski definition) is 3. The molecule has 0 saturated carbocycles. The van der Waals surface area contributed by atoms with E-state index in [9.17, 15) is 4.21 Å². The van der Waals surface area contributed by atoms with Crippen molar-refractivity contribution in [3.8, 4) is 0 Å². The Morgan fingerprint density at radius 2 is 2.40 bits per heavy atom. The third-order valence-electron chi connectivity index (χ3n) is 2.41. The van der Waals surface area contributed by atoms with Crippen LogP contribution in [0.3, 0.4) is 0 Å². The van der Waals surface area contributed by atoms with Crippen molar-refractivity contribution in [3.05, 3.63) is 23.9 Å². The summed E-state index contributed by atoms with van der Waals surface area (Å²) in [7, 11) is -0.943. The molecule has 1 N–H and O–H groups in total. The van der Waals surface area contributed by atoms with Gasteiger partial charge in [-0.05, 0) is 37.6 Å². The maximum absolute atomic E-state index is 12.0. The molecule has 0 radical (unpaired) electrons. The highest BCUT2D eigenvalue weighted by atomic mass is 35.5. The second kappa shape index (κ2) is 5.58. The maximum atomic E-state index is 12.0. The zero-order chi connectivity index (χ0) is 9.97. The Morgan fingerprint density at radius 1 is 1.60 bits per heavy atom. The third-order valence-corrected chi connectivity index (χ3v) is 4.06. The molecule has 5 heteroatoms. The van der Waals surface area contributed by atoms with E-state index < -0.39 is 10.8 Å². The zero-order valence-corrected chi connectivity index (χ0v) is 10.2. The zero-order valence-electron chi connectivity index (χ0n) is 8.60. The van der Waals surface area contributed by atoms with E-state index in [1.165, 1.54) is 0 Å². The number of rotatable bonds is 2. The minimum absolute atomic E-state index is 0. The fraction of sp³-hybridized carbons (Fsp3) is 0.500. The van der Waals surface area contributed by atoms with Crippen molar-refractivity contribution in [2.75, 3.05) is 13.1 Å². The van der Waals surface area contributed by atoms with Gasteiger partial charge in [0.25, 0.3) is 0 Å². The molecule has 2 unspecified atom stereocenters. The van der Waals surface area contributed by atoms with Crippen LogP contribution >= 0.6 is 12.4 Å². The predicted molar refractivity (Wildman–Crippen MR) is 63.9 cm³/mol. The molecule has 84 valence electrons. The highest BCUT2D eigenvalue weighted by Crippen LogP contribution is 2.14. The lowest BCUT2D eigenvalue weighted by molar-refractivity contribution is 0.669. The Labute approximate surface area is 98.5 Å². The van der Waals surface area contributed by atoms with Gasteiger partial charge in [-0.1, -0.05) is 0 Å². The van der Waals surface area contributed by atoms with Crippen molar-refractivity contribution in [1.29, 1.82) is 0 Å². The molecule has 2 rings (SSSR count). The topological polar surface area (TPSA) is 42.0 Å². The number of hydrogen-bond donors (Lipinski definition) is 1. The Bertz CT molecular complexity index is 353. The molecule has 1 fully saturated rings. The summed E-state index contributed by atoms with van der Waals surface area (Å²) in [4.78, 5) is 4.16. The molecular weight excluding hydrogens is 232 g/mol. The van der Waals surface area contributed by atoms with Crippen LogP contribution in [0, 0.1) is 6.92 Å². The molecule has 1 aliphatic heterocycles. The van der Waals surface area contributed by atoms with Gasteiger partial charge >= 0.3 is 0 Å². The van der Waals surface area contributed by atoms with Crippen molar-refractivity contribution in [1.82, 2.24) is 10.3 Å². The lowest BCUT2D eigenvalue weighted by Gasteiger charge is -2.07. The van der Waals surface area contributed by atoms with Gasteiger partial charge < -0.3 is 5.32 Å². The van der Waals surface area contributed by atoms with Crippen LogP contribution in [0.2, 0.25) is 0 Å². The molecule has 3 nitrogen and oxygen atoms in total. The molecule has 0 aromatic carbocycles. The average Bonchev–Trinajstić information content (AvgIpc) is 2.69. The Balaban J connectivity index is 0.00000112. The van der Waals surface area contributed by atoms with E-state index in [1.807, 2.05) is 19.1 Å². The standard InChI is InChI=1S/C10H14N2OS.ClH/c1-8-2-5-12-10(6-8)14(13)9-3-4-11-7-9;/h2,5-6,9,11H,3-4,7H2,1H3;1H. The summed E-state index contributed by atoms with van der Waals surface area (Å²) < 4.78 is 12.0. The molecular formula is C10H15ClN2OS. The number of aryl methyl sites for hydroxylation is 1. The van der Waals surface area contributed by atoms with Crippen molar-refractivity contribution in [3.63, 3.8) is 0 Å². The van der Waals surface area contributed by atoms with E-state index in [1.54, 1.807) is 6.20 Å². The van der Waals surface area contributed by atoms with Crippen LogP contribution in [0.15, 0.2) is 23.4 Å². The minimum Gasteiger partial charge on any atom is -0.315 e. The predicted octanol–water partition coefficient (Wildman–Crippen LogP) is 1.28.